The maximum absolute atomic E-state index is 10.2. The van der Waals surface area contributed by atoms with Crippen LogP contribution in [-0.2, 0) is 0 Å². The number of hydrogen-bond donors (Lipinski definition) is 0. The van der Waals surface area contributed by atoms with Gasteiger partial charge in [0.25, 0.3) is 0 Å². The van der Waals surface area contributed by atoms with Gasteiger partial charge in [-0.25, -0.2) is 0 Å². The van der Waals surface area contributed by atoms with Gasteiger partial charge < -0.3 is 8.98 Å². The van der Waals surface area contributed by atoms with Gasteiger partial charge in [-0.2, -0.15) is 5.26 Å². The molecule has 0 aliphatic rings. The molecule has 3 heterocycles. The summed E-state index contributed by atoms with van der Waals surface area (Å²) >= 11 is 0. The molecule has 4 nitrogen and oxygen atoms in total. The molecule has 0 fully saturated rings. The summed E-state index contributed by atoms with van der Waals surface area (Å²) in [5, 5.41) is 13.5. The molecule has 0 atom stereocenters. The lowest BCUT2D eigenvalue weighted by Gasteiger charge is -2.10. The zero-order chi connectivity index (χ0) is 26.0. The van der Waals surface area contributed by atoms with Crippen molar-refractivity contribution in [3.63, 3.8) is 0 Å². The molecular weight excluding hydrogens is 430 g/mol. The van der Waals surface area contributed by atoms with E-state index in [0.717, 1.165) is 21.8 Å². The fraction of sp³-hybridized carbons (Fsp3) is 0.0323. The monoisotopic (exact) mass is 452 g/mol. The molecule has 0 unspecified atom stereocenters. The van der Waals surface area contributed by atoms with Crippen LogP contribution < -0.4 is 0 Å². The molecule has 0 bridgehead atoms. The average Bonchev–Trinajstić information content (AvgIpc) is 3.48. The molecule has 0 saturated carbocycles. The van der Waals surface area contributed by atoms with Gasteiger partial charge >= 0.3 is 0 Å². The number of furan rings is 1. The highest BCUT2D eigenvalue weighted by Crippen LogP contribution is 2.42. The first-order valence-electron chi connectivity index (χ1n) is 12.8. The maximum Gasteiger partial charge on any atom is 0.160 e. The van der Waals surface area contributed by atoms with Gasteiger partial charge in [0.1, 0.15) is 17.3 Å². The van der Waals surface area contributed by atoms with Crippen molar-refractivity contribution in [2.75, 3.05) is 0 Å². The van der Waals surface area contributed by atoms with Gasteiger partial charge in [0.15, 0.2) is 5.58 Å². The summed E-state index contributed by atoms with van der Waals surface area (Å²) in [6, 6.07) is 30.9. The molecule has 4 heteroatoms. The van der Waals surface area contributed by atoms with E-state index in [9.17, 15) is 5.26 Å². The fourth-order valence-electron chi connectivity index (χ4n) is 5.13. The smallest absolute Gasteiger partial charge is 0.160 e. The molecule has 7 rings (SSSR count). The molecule has 3 aromatic heterocycles. The maximum atomic E-state index is 10.2. The minimum absolute atomic E-state index is 0.198. The number of aryl methyl sites for hydroxylation is 1. The first-order valence-corrected chi connectivity index (χ1v) is 11.3. The van der Waals surface area contributed by atoms with Crippen molar-refractivity contribution in [3.05, 3.63) is 108 Å². The van der Waals surface area contributed by atoms with E-state index < -0.39 is 6.85 Å². The highest BCUT2D eigenvalue weighted by Gasteiger charge is 2.22. The number of pyridine rings is 1. The van der Waals surface area contributed by atoms with Gasteiger partial charge in [0, 0.05) is 37.4 Å². The van der Waals surface area contributed by atoms with Crippen molar-refractivity contribution < 1.29 is 8.53 Å². The second kappa shape index (κ2) is 7.31. The topological polar surface area (TPSA) is 54.8 Å². The molecule has 0 radical (unpaired) electrons. The summed E-state index contributed by atoms with van der Waals surface area (Å²) in [5.74, 6) is 0. The lowest BCUT2D eigenvalue weighted by atomic mass is 10.0. The minimum Gasteiger partial charge on any atom is -0.453 e. The van der Waals surface area contributed by atoms with Crippen molar-refractivity contribution in [2.45, 2.75) is 6.85 Å². The Morgan fingerprint density at radius 1 is 0.800 bits per heavy atom. The van der Waals surface area contributed by atoms with Crippen LogP contribution in [-0.4, -0.2) is 9.55 Å². The van der Waals surface area contributed by atoms with Crippen molar-refractivity contribution >= 4 is 43.7 Å². The molecule has 0 saturated heterocycles. The van der Waals surface area contributed by atoms with E-state index in [0.29, 0.717) is 44.4 Å². The summed E-state index contributed by atoms with van der Waals surface area (Å²) < 4.78 is 33.4. The third-order valence-electron chi connectivity index (χ3n) is 6.63. The first kappa shape index (κ1) is 16.7. The van der Waals surface area contributed by atoms with Gasteiger partial charge in [0.05, 0.1) is 22.3 Å². The number of rotatable bonds is 2. The van der Waals surface area contributed by atoms with Crippen LogP contribution >= 0.6 is 0 Å². The first-order chi connectivity index (χ1) is 18.5. The van der Waals surface area contributed by atoms with Crippen LogP contribution in [0.5, 0.6) is 0 Å². The Labute approximate surface area is 205 Å². The van der Waals surface area contributed by atoms with E-state index in [1.54, 1.807) is 30.5 Å². The van der Waals surface area contributed by atoms with Crippen LogP contribution in [0.3, 0.4) is 0 Å². The third kappa shape index (κ3) is 2.70. The summed E-state index contributed by atoms with van der Waals surface area (Å²) in [7, 11) is 0. The van der Waals surface area contributed by atoms with Crippen LogP contribution in [0, 0.1) is 18.2 Å². The molecule has 0 amide bonds. The average molecular weight is 453 g/mol. The lowest BCUT2D eigenvalue weighted by Crippen LogP contribution is -1.98. The molecule has 0 aliphatic carbocycles. The van der Waals surface area contributed by atoms with Crippen LogP contribution in [0.2, 0.25) is 0 Å². The lowest BCUT2D eigenvalue weighted by molar-refractivity contribution is 0.667. The van der Waals surface area contributed by atoms with Crippen molar-refractivity contribution in [2.24, 2.45) is 0 Å². The summed E-state index contributed by atoms with van der Waals surface area (Å²) in [4.78, 5) is 4.49. The van der Waals surface area contributed by atoms with Crippen LogP contribution in [0.25, 0.3) is 60.7 Å². The van der Waals surface area contributed by atoms with Gasteiger partial charge in [0.2, 0.25) is 0 Å². The summed E-state index contributed by atoms with van der Waals surface area (Å²) in [5.41, 5.74) is 5.33. The number of nitriles is 1. The third-order valence-corrected chi connectivity index (χ3v) is 6.63. The van der Waals surface area contributed by atoms with E-state index in [1.165, 1.54) is 0 Å². The fourth-order valence-corrected chi connectivity index (χ4v) is 5.13. The largest absolute Gasteiger partial charge is 0.453 e. The van der Waals surface area contributed by atoms with Crippen molar-refractivity contribution in [1.29, 1.82) is 5.26 Å². The second-order valence-electron chi connectivity index (χ2n) is 8.50. The minimum atomic E-state index is -2.36. The molecule has 164 valence electrons. The molecule has 7 aromatic rings. The number of benzene rings is 4. The normalized spacial score (nSPS) is 13.2. The highest BCUT2D eigenvalue weighted by atomic mass is 16.3. The number of hydrogen-bond acceptors (Lipinski definition) is 3. The van der Waals surface area contributed by atoms with E-state index >= 15 is 0 Å². The molecule has 4 aromatic carbocycles. The van der Waals surface area contributed by atoms with E-state index in [1.807, 2.05) is 59.2 Å². The molecule has 0 N–H and O–H groups in total. The van der Waals surface area contributed by atoms with Crippen LogP contribution in [0.1, 0.15) is 15.2 Å². The Morgan fingerprint density at radius 2 is 1.54 bits per heavy atom. The van der Waals surface area contributed by atoms with Crippen LogP contribution in [0.4, 0.5) is 0 Å². The number of fused-ring (bicyclic) bond motifs is 6. The zero-order valence-corrected chi connectivity index (χ0v) is 18.5. The van der Waals surface area contributed by atoms with Crippen molar-refractivity contribution in [1.82, 2.24) is 9.55 Å². The zero-order valence-electron chi connectivity index (χ0n) is 21.5. The standard InChI is InChI=1S/C31H19N3O/c1-19-13-15-23(25-10-6-7-17-33-25)30-28(19)24-16-14-20(18-32)29(31(24)35-30)34-26-11-4-2-8-21(26)22-9-3-5-12-27(22)34/h2-17H,1H3/i1D3. The number of para-hydroxylation sites is 2. The molecule has 0 spiro atoms. The van der Waals surface area contributed by atoms with E-state index in [4.69, 9.17) is 8.53 Å². The Hall–Kier alpha value is -4.88. The van der Waals surface area contributed by atoms with E-state index in [2.05, 4.69) is 23.2 Å². The Morgan fingerprint density at radius 3 is 2.23 bits per heavy atom. The van der Waals surface area contributed by atoms with Gasteiger partial charge in [-0.3, -0.25) is 4.98 Å². The Bertz CT molecular complexity index is 2030. The highest BCUT2D eigenvalue weighted by molar-refractivity contribution is 6.15. The van der Waals surface area contributed by atoms with Crippen LogP contribution in [0.15, 0.2) is 102 Å². The summed E-state index contributed by atoms with van der Waals surface area (Å²) in [6.45, 7) is -2.36. The number of aromatic nitrogens is 2. The molecule has 0 aliphatic heterocycles. The second-order valence-corrected chi connectivity index (χ2v) is 8.50. The predicted octanol–water partition coefficient (Wildman–Crippen LogP) is 7.93. The Kier molecular flexibility index (Phi) is 3.49. The number of nitrogens with zero attached hydrogens (tertiary/aromatic N) is 3. The van der Waals surface area contributed by atoms with Gasteiger partial charge in [-0.1, -0.05) is 48.5 Å². The van der Waals surface area contributed by atoms with Gasteiger partial charge in [-0.15, -0.1) is 0 Å². The summed E-state index contributed by atoms with van der Waals surface area (Å²) in [6.07, 6.45) is 1.69. The van der Waals surface area contributed by atoms with E-state index in [-0.39, 0.29) is 5.56 Å². The van der Waals surface area contributed by atoms with Crippen molar-refractivity contribution in [3.8, 4) is 23.0 Å². The predicted molar refractivity (Wildman–Crippen MR) is 141 cm³/mol. The molecule has 35 heavy (non-hydrogen) atoms. The quantitative estimate of drug-likeness (QED) is 0.268. The SMILES string of the molecule is [2H]C([2H])([2H])c1ccc(-c2ccccn2)c2oc3c(-n4c5ccccc5c5ccccc54)c(C#N)ccc3c12. The van der Waals surface area contributed by atoms with Gasteiger partial charge in [-0.05, 0) is 54.9 Å². The Balaban J connectivity index is 1.70. The molecular formula is C31H19N3O.